The number of ether oxygens (including phenoxy) is 1. The van der Waals surface area contributed by atoms with Gasteiger partial charge >= 0.3 is 0 Å². The number of aryl methyl sites for hydroxylation is 2. The number of amides is 2. The maximum absolute atomic E-state index is 12.3. The molecule has 0 fully saturated rings. The highest BCUT2D eigenvalue weighted by Gasteiger charge is 2.23. The molecule has 1 N–H and O–H groups in total. The highest BCUT2D eigenvalue weighted by atomic mass is 32.1. The second-order valence-electron chi connectivity index (χ2n) is 7.41. The van der Waals surface area contributed by atoms with E-state index in [0.717, 1.165) is 34.5 Å². The van der Waals surface area contributed by atoms with E-state index >= 15 is 0 Å². The molecule has 1 aliphatic heterocycles. The molecule has 3 aromatic rings. The Kier molecular flexibility index (Phi) is 5.55. The Morgan fingerprint density at radius 3 is 2.83 bits per heavy atom. The molecular weight excluding hydrogens is 398 g/mol. The Morgan fingerprint density at radius 2 is 2.03 bits per heavy atom. The van der Waals surface area contributed by atoms with E-state index in [-0.39, 0.29) is 18.4 Å². The van der Waals surface area contributed by atoms with Crippen LogP contribution in [0, 0.1) is 13.8 Å². The van der Waals surface area contributed by atoms with Gasteiger partial charge in [-0.25, -0.2) is 4.98 Å². The molecule has 0 bridgehead atoms. The van der Waals surface area contributed by atoms with E-state index in [1.807, 2.05) is 55.6 Å². The summed E-state index contributed by atoms with van der Waals surface area (Å²) in [5.74, 6) is 0.493. The van der Waals surface area contributed by atoms with Gasteiger partial charge in [0.1, 0.15) is 5.75 Å². The molecule has 154 valence electrons. The molecule has 0 radical (unpaired) electrons. The maximum Gasteiger partial charge on any atom is 0.264 e. The average molecular weight is 422 g/mol. The minimum absolute atomic E-state index is 0.0426. The number of hydrogen-bond donors (Lipinski definition) is 1. The van der Waals surface area contributed by atoms with Crippen LogP contribution in [-0.4, -0.2) is 29.9 Å². The molecule has 2 amide bonds. The summed E-state index contributed by atoms with van der Waals surface area (Å²) in [5.41, 5.74) is 5.87. The molecule has 0 aliphatic carbocycles. The lowest BCUT2D eigenvalue weighted by Gasteiger charge is -2.15. The molecule has 7 heteroatoms. The number of rotatable bonds is 5. The van der Waals surface area contributed by atoms with E-state index in [4.69, 9.17) is 4.74 Å². The topological polar surface area (TPSA) is 71.5 Å². The minimum Gasteiger partial charge on any atom is -0.483 e. The summed E-state index contributed by atoms with van der Waals surface area (Å²) in [6.07, 6.45) is 0.869. The summed E-state index contributed by atoms with van der Waals surface area (Å²) in [6.45, 7) is 6.15. The second kappa shape index (κ2) is 8.28. The lowest BCUT2D eigenvalue weighted by molar-refractivity contribution is -0.118. The third kappa shape index (κ3) is 4.21. The molecule has 1 aliphatic rings. The number of fused-ring (bicyclic) bond motifs is 1. The van der Waals surface area contributed by atoms with Crippen molar-refractivity contribution in [2.45, 2.75) is 27.2 Å². The molecule has 30 heavy (non-hydrogen) atoms. The van der Waals surface area contributed by atoms with E-state index < -0.39 is 0 Å². The molecule has 2 heterocycles. The zero-order valence-electron chi connectivity index (χ0n) is 17.2. The summed E-state index contributed by atoms with van der Waals surface area (Å²) in [5, 5.41) is 5.21. The monoisotopic (exact) mass is 421 g/mol. The fourth-order valence-electron chi connectivity index (χ4n) is 3.49. The molecule has 0 saturated carbocycles. The van der Waals surface area contributed by atoms with Crippen molar-refractivity contribution in [1.82, 2.24) is 4.98 Å². The molecular formula is C23H23N3O3S. The first-order valence-electron chi connectivity index (χ1n) is 9.77. The van der Waals surface area contributed by atoms with E-state index in [9.17, 15) is 9.59 Å². The molecule has 6 nitrogen and oxygen atoms in total. The van der Waals surface area contributed by atoms with Crippen LogP contribution in [0.15, 0.2) is 41.8 Å². The largest absolute Gasteiger partial charge is 0.483 e. The van der Waals surface area contributed by atoms with E-state index in [1.165, 1.54) is 16.9 Å². The average Bonchev–Trinajstić information content (AvgIpc) is 3.35. The number of anilines is 2. The van der Waals surface area contributed by atoms with Crippen LogP contribution in [0.2, 0.25) is 0 Å². The normalized spacial score (nSPS) is 12.6. The molecule has 0 atom stereocenters. The molecule has 0 unspecified atom stereocenters. The third-order valence-electron chi connectivity index (χ3n) is 5.11. The fraction of sp³-hybridized carbons (Fsp3) is 0.261. The Hall–Kier alpha value is -3.19. The van der Waals surface area contributed by atoms with Crippen LogP contribution in [-0.2, 0) is 16.0 Å². The summed E-state index contributed by atoms with van der Waals surface area (Å²) < 4.78 is 5.66. The Balaban J connectivity index is 1.42. The molecule has 0 spiro atoms. The number of benzene rings is 2. The Morgan fingerprint density at radius 1 is 1.20 bits per heavy atom. The molecule has 1 aromatic heterocycles. The predicted octanol–water partition coefficient (Wildman–Crippen LogP) is 4.35. The third-order valence-corrected chi connectivity index (χ3v) is 5.87. The van der Waals surface area contributed by atoms with Crippen molar-refractivity contribution >= 4 is 34.0 Å². The number of nitrogens with zero attached hydrogens (tertiary/aromatic N) is 2. The van der Waals surface area contributed by atoms with Crippen molar-refractivity contribution in [1.29, 1.82) is 0 Å². The van der Waals surface area contributed by atoms with Gasteiger partial charge in [-0.3, -0.25) is 14.9 Å². The minimum atomic E-state index is -0.256. The van der Waals surface area contributed by atoms with Crippen LogP contribution in [0.5, 0.6) is 5.75 Å². The fourth-order valence-corrected chi connectivity index (χ4v) is 4.23. The van der Waals surface area contributed by atoms with Crippen LogP contribution >= 0.6 is 11.3 Å². The molecule has 4 rings (SSSR count). The summed E-state index contributed by atoms with van der Waals surface area (Å²) in [7, 11) is 0. The number of carbonyl (C=O) groups excluding carboxylic acids is 2. The lowest BCUT2D eigenvalue weighted by atomic mass is 10.1. The quantitative estimate of drug-likeness (QED) is 0.665. The van der Waals surface area contributed by atoms with Gasteiger partial charge < -0.3 is 9.64 Å². The van der Waals surface area contributed by atoms with E-state index in [1.54, 1.807) is 11.8 Å². The van der Waals surface area contributed by atoms with Crippen LogP contribution in [0.25, 0.3) is 11.3 Å². The first-order chi connectivity index (χ1) is 14.4. The lowest BCUT2D eigenvalue weighted by Crippen LogP contribution is -2.25. The van der Waals surface area contributed by atoms with Gasteiger partial charge in [0, 0.05) is 30.1 Å². The van der Waals surface area contributed by atoms with E-state index in [2.05, 4.69) is 10.3 Å². The van der Waals surface area contributed by atoms with Crippen LogP contribution in [0.3, 0.4) is 0 Å². The van der Waals surface area contributed by atoms with Crippen molar-refractivity contribution in [3.8, 4) is 17.0 Å². The number of aromatic nitrogens is 1. The van der Waals surface area contributed by atoms with Gasteiger partial charge in [0.2, 0.25) is 5.91 Å². The first kappa shape index (κ1) is 20.1. The van der Waals surface area contributed by atoms with Crippen LogP contribution < -0.4 is 15.0 Å². The van der Waals surface area contributed by atoms with Crippen LogP contribution in [0.4, 0.5) is 10.8 Å². The van der Waals surface area contributed by atoms with Crippen molar-refractivity contribution in [2.75, 3.05) is 23.4 Å². The van der Waals surface area contributed by atoms with Gasteiger partial charge in [0.25, 0.3) is 5.91 Å². The number of nitrogens with one attached hydrogen (secondary N) is 1. The Bertz CT molecular complexity index is 1120. The number of hydrogen-bond acceptors (Lipinski definition) is 5. The predicted molar refractivity (Wildman–Crippen MR) is 119 cm³/mol. The van der Waals surface area contributed by atoms with Crippen molar-refractivity contribution in [2.24, 2.45) is 0 Å². The number of thiazole rings is 1. The highest BCUT2D eigenvalue weighted by molar-refractivity contribution is 7.14. The summed E-state index contributed by atoms with van der Waals surface area (Å²) in [4.78, 5) is 30.4. The highest BCUT2D eigenvalue weighted by Crippen LogP contribution is 2.34. The van der Waals surface area contributed by atoms with Gasteiger partial charge in [0.05, 0.1) is 5.69 Å². The molecule has 0 saturated heterocycles. The van der Waals surface area contributed by atoms with Gasteiger partial charge in [-0.1, -0.05) is 24.3 Å². The van der Waals surface area contributed by atoms with Gasteiger partial charge in [0.15, 0.2) is 11.7 Å². The van der Waals surface area contributed by atoms with Gasteiger partial charge in [-0.15, -0.1) is 11.3 Å². The van der Waals surface area contributed by atoms with Crippen molar-refractivity contribution in [3.05, 3.63) is 58.5 Å². The second-order valence-corrected chi connectivity index (χ2v) is 8.27. The Labute approximate surface area is 179 Å². The summed E-state index contributed by atoms with van der Waals surface area (Å²) in [6, 6.07) is 11.9. The van der Waals surface area contributed by atoms with Gasteiger partial charge in [-0.2, -0.15) is 0 Å². The van der Waals surface area contributed by atoms with E-state index in [0.29, 0.717) is 17.4 Å². The molecule has 2 aromatic carbocycles. The standard InChI is InChI=1S/C23H23N3O3S/c1-14-4-5-15(2)21(10-14)29-12-22(28)25-23-24-19(13-30-23)18-7-6-17-8-9-26(16(3)27)20(17)11-18/h4-7,10-11,13H,8-9,12H2,1-3H3,(H,24,25,28). The van der Waals surface area contributed by atoms with Crippen LogP contribution in [0.1, 0.15) is 23.6 Å². The first-order valence-corrected chi connectivity index (χ1v) is 10.7. The SMILES string of the molecule is CC(=O)N1CCc2ccc(-c3csc(NC(=O)COc4cc(C)ccc4C)n3)cc21. The zero-order valence-corrected chi connectivity index (χ0v) is 18.0. The summed E-state index contributed by atoms with van der Waals surface area (Å²) >= 11 is 1.36. The van der Waals surface area contributed by atoms with Gasteiger partial charge in [-0.05, 0) is 49.1 Å². The maximum atomic E-state index is 12.3. The zero-order chi connectivity index (χ0) is 21.3. The van der Waals surface area contributed by atoms with Crippen molar-refractivity contribution < 1.29 is 14.3 Å². The van der Waals surface area contributed by atoms with Crippen molar-refractivity contribution in [3.63, 3.8) is 0 Å². The number of carbonyl (C=O) groups is 2. The smallest absolute Gasteiger partial charge is 0.264 e.